The summed E-state index contributed by atoms with van der Waals surface area (Å²) in [6, 6.07) is 6.98. The second-order valence-corrected chi connectivity index (χ2v) is 9.92. The van der Waals surface area contributed by atoms with Crippen LogP contribution in [0.2, 0.25) is 0 Å². The highest BCUT2D eigenvalue weighted by Gasteiger charge is 2.33. The topological polar surface area (TPSA) is 86.9 Å². The van der Waals surface area contributed by atoms with E-state index < -0.39 is 17.6 Å². The molecule has 0 unspecified atom stereocenters. The summed E-state index contributed by atoms with van der Waals surface area (Å²) in [6.45, 7) is 7.78. The second-order valence-electron chi connectivity index (χ2n) is 9.92. The van der Waals surface area contributed by atoms with Crippen molar-refractivity contribution >= 4 is 11.6 Å². The molecule has 2 heterocycles. The third kappa shape index (κ3) is 5.97. The quantitative estimate of drug-likeness (QED) is 0.290. The van der Waals surface area contributed by atoms with Crippen LogP contribution >= 0.6 is 0 Å². The first-order valence-electron chi connectivity index (χ1n) is 12.5. The minimum absolute atomic E-state index is 0.0340. The first-order valence-corrected chi connectivity index (χ1v) is 12.5. The molecule has 8 nitrogen and oxygen atoms in total. The summed E-state index contributed by atoms with van der Waals surface area (Å²) in [6.07, 6.45) is -0.0753. The summed E-state index contributed by atoms with van der Waals surface area (Å²) in [5, 5.41) is 15.3. The number of hydrogen-bond acceptors (Lipinski definition) is 5. The van der Waals surface area contributed by atoms with Gasteiger partial charge in [0.05, 0.1) is 36.4 Å². The van der Waals surface area contributed by atoms with Crippen LogP contribution in [0.15, 0.2) is 42.7 Å². The number of hydrogen-bond donors (Lipinski definition) is 1. The maximum atomic E-state index is 13.7. The maximum Gasteiger partial charge on any atom is 0.416 e. The van der Waals surface area contributed by atoms with Crippen LogP contribution in [0.4, 0.5) is 18.9 Å². The van der Waals surface area contributed by atoms with Gasteiger partial charge >= 0.3 is 6.18 Å². The first-order chi connectivity index (χ1) is 18.4. The molecule has 0 spiro atoms. The molecule has 0 fully saturated rings. The Kier molecular flexibility index (Phi) is 7.80. The highest BCUT2D eigenvalue weighted by atomic mass is 19.4. The Morgan fingerprint density at radius 3 is 2.51 bits per heavy atom. The number of ether oxygens (including phenoxy) is 1. The lowest BCUT2D eigenvalue weighted by Gasteiger charge is -2.19. The molecule has 0 radical (unpaired) electrons. The number of nitrogens with zero attached hydrogens (tertiary/aromatic N) is 5. The van der Waals surface area contributed by atoms with E-state index in [9.17, 15) is 18.0 Å². The van der Waals surface area contributed by atoms with Crippen LogP contribution < -0.4 is 10.1 Å². The number of alkyl halides is 3. The number of halogens is 3. The molecule has 39 heavy (non-hydrogen) atoms. The number of aromatic nitrogens is 5. The Labute approximate surface area is 224 Å². The van der Waals surface area contributed by atoms with Crippen molar-refractivity contribution in [1.29, 1.82) is 0 Å². The SMILES string of the molecule is COc1c(CCC(C)C)cc(C(F)(F)F)cc1NC(=O)c1ccc(C)c(-n2cc(-c3cnn(C)c3C)nn2)c1. The van der Waals surface area contributed by atoms with Gasteiger partial charge in [0.2, 0.25) is 0 Å². The van der Waals surface area contributed by atoms with Crippen LogP contribution in [0.5, 0.6) is 5.75 Å². The van der Waals surface area contributed by atoms with Crippen LogP contribution in [0.3, 0.4) is 0 Å². The van der Waals surface area contributed by atoms with E-state index in [1.54, 1.807) is 40.0 Å². The van der Waals surface area contributed by atoms with Crippen molar-refractivity contribution < 1.29 is 22.7 Å². The molecule has 0 saturated heterocycles. The van der Waals surface area contributed by atoms with Gasteiger partial charge in [-0.05, 0) is 68.0 Å². The number of anilines is 1. The predicted octanol–water partition coefficient (Wildman–Crippen LogP) is 6.15. The maximum absolute atomic E-state index is 13.7. The van der Waals surface area contributed by atoms with E-state index in [4.69, 9.17) is 4.74 Å². The van der Waals surface area contributed by atoms with Gasteiger partial charge in [0.15, 0.2) is 0 Å². The molecule has 0 saturated carbocycles. The van der Waals surface area contributed by atoms with Gasteiger partial charge in [0, 0.05) is 23.9 Å². The van der Waals surface area contributed by atoms with Crippen LogP contribution in [-0.2, 0) is 19.6 Å². The Morgan fingerprint density at radius 1 is 1.15 bits per heavy atom. The van der Waals surface area contributed by atoms with E-state index in [2.05, 4.69) is 20.7 Å². The number of benzene rings is 2. The van der Waals surface area contributed by atoms with E-state index in [0.29, 0.717) is 29.8 Å². The summed E-state index contributed by atoms with van der Waals surface area (Å²) in [5.74, 6) is -0.0724. The zero-order chi connectivity index (χ0) is 28.5. The largest absolute Gasteiger partial charge is 0.494 e. The molecular weight excluding hydrogens is 509 g/mol. The smallest absolute Gasteiger partial charge is 0.416 e. The van der Waals surface area contributed by atoms with Gasteiger partial charge in [0.25, 0.3) is 5.91 Å². The van der Waals surface area contributed by atoms with Crippen molar-refractivity contribution in [1.82, 2.24) is 24.8 Å². The van der Waals surface area contributed by atoms with Gasteiger partial charge in [-0.3, -0.25) is 9.48 Å². The Bertz CT molecular complexity index is 1500. The first kappa shape index (κ1) is 27.9. The molecule has 0 atom stereocenters. The molecule has 0 aliphatic carbocycles. The highest BCUT2D eigenvalue weighted by Crippen LogP contribution is 2.39. The van der Waals surface area contributed by atoms with Crippen LogP contribution in [-0.4, -0.2) is 37.8 Å². The normalized spacial score (nSPS) is 11.7. The van der Waals surface area contributed by atoms with E-state index in [1.807, 2.05) is 34.7 Å². The Balaban J connectivity index is 1.67. The zero-order valence-electron chi connectivity index (χ0n) is 22.7. The monoisotopic (exact) mass is 540 g/mol. The molecule has 2 aromatic heterocycles. The van der Waals surface area contributed by atoms with Crippen molar-refractivity contribution in [3.05, 3.63) is 70.7 Å². The van der Waals surface area contributed by atoms with E-state index >= 15 is 0 Å². The number of carbonyl (C=O) groups is 1. The molecular formula is C28H31F3N6O2. The number of rotatable bonds is 8. The number of nitrogens with one attached hydrogen (secondary N) is 1. The number of carbonyl (C=O) groups excluding carboxylic acids is 1. The molecule has 1 amide bonds. The lowest BCUT2D eigenvalue weighted by Crippen LogP contribution is -2.16. The summed E-state index contributed by atoms with van der Waals surface area (Å²) in [4.78, 5) is 13.3. The minimum atomic E-state index is -4.58. The van der Waals surface area contributed by atoms with Gasteiger partial charge < -0.3 is 10.1 Å². The zero-order valence-corrected chi connectivity index (χ0v) is 22.7. The van der Waals surface area contributed by atoms with Gasteiger partial charge in [-0.1, -0.05) is 25.1 Å². The highest BCUT2D eigenvalue weighted by molar-refractivity contribution is 6.05. The fourth-order valence-corrected chi connectivity index (χ4v) is 4.26. The van der Waals surface area contributed by atoms with E-state index in [0.717, 1.165) is 29.0 Å². The molecule has 1 N–H and O–H groups in total. The van der Waals surface area contributed by atoms with Crippen LogP contribution in [0.1, 0.15) is 53.0 Å². The third-order valence-corrected chi connectivity index (χ3v) is 6.66. The van der Waals surface area contributed by atoms with Crippen molar-refractivity contribution in [3.8, 4) is 22.7 Å². The fraction of sp³-hybridized carbons (Fsp3) is 0.357. The summed E-state index contributed by atoms with van der Waals surface area (Å²) in [5.41, 5.74) is 3.58. The predicted molar refractivity (Wildman–Crippen MR) is 142 cm³/mol. The molecule has 0 aliphatic heterocycles. The molecule has 0 aliphatic rings. The average Bonchev–Trinajstić information content (AvgIpc) is 3.48. The number of amides is 1. The van der Waals surface area contributed by atoms with Crippen molar-refractivity contribution in [2.45, 2.75) is 46.7 Å². The summed E-state index contributed by atoms with van der Waals surface area (Å²) in [7, 11) is 3.22. The minimum Gasteiger partial charge on any atom is -0.494 e. The molecule has 0 bridgehead atoms. The van der Waals surface area contributed by atoms with Crippen LogP contribution in [0.25, 0.3) is 16.9 Å². The van der Waals surface area contributed by atoms with Crippen LogP contribution in [0, 0.1) is 19.8 Å². The lowest BCUT2D eigenvalue weighted by molar-refractivity contribution is -0.137. The van der Waals surface area contributed by atoms with Crippen molar-refractivity contribution in [2.75, 3.05) is 12.4 Å². The third-order valence-electron chi connectivity index (χ3n) is 6.66. The molecule has 2 aromatic carbocycles. The Hall–Kier alpha value is -4.15. The molecule has 206 valence electrons. The van der Waals surface area contributed by atoms with Gasteiger partial charge in [-0.15, -0.1) is 5.10 Å². The van der Waals surface area contributed by atoms with Gasteiger partial charge in [-0.2, -0.15) is 18.3 Å². The van der Waals surface area contributed by atoms with Gasteiger partial charge in [-0.25, -0.2) is 4.68 Å². The molecule has 4 rings (SSSR count). The summed E-state index contributed by atoms with van der Waals surface area (Å²) >= 11 is 0. The fourth-order valence-electron chi connectivity index (χ4n) is 4.26. The molecule has 4 aromatic rings. The van der Waals surface area contributed by atoms with E-state index in [1.165, 1.54) is 7.11 Å². The van der Waals surface area contributed by atoms with Crippen molar-refractivity contribution in [3.63, 3.8) is 0 Å². The lowest BCUT2D eigenvalue weighted by atomic mass is 9.98. The summed E-state index contributed by atoms with van der Waals surface area (Å²) < 4.78 is 49.9. The van der Waals surface area contributed by atoms with Crippen molar-refractivity contribution in [2.24, 2.45) is 13.0 Å². The number of aryl methyl sites for hydroxylation is 3. The molecule has 11 heteroatoms. The van der Waals surface area contributed by atoms with E-state index in [-0.39, 0.29) is 22.9 Å². The van der Waals surface area contributed by atoms with Gasteiger partial charge in [0.1, 0.15) is 11.4 Å². The standard InChI is InChI=1S/C28H31F3N6O2/c1-16(2)7-9-19-11-21(28(29,30)31)13-23(26(19)39-6)33-27(38)20-10-8-17(3)25(12-20)37-15-24(34-35-37)22-14-32-36(5)18(22)4/h8,10-16H,7,9H2,1-6H3,(H,33,38). The average molecular weight is 541 g/mol. The Morgan fingerprint density at radius 2 is 1.90 bits per heavy atom. The number of methoxy groups -OCH3 is 1. The second kappa shape index (κ2) is 10.9.